The number of H-pyrrole nitrogens is 1. The van der Waals surface area contributed by atoms with Crippen LogP contribution in [0.1, 0.15) is 33.2 Å². The Labute approximate surface area is 159 Å². The number of aryl methyl sites for hydroxylation is 2. The number of carbonyl (C=O) groups excluding carboxylic acids is 1. The van der Waals surface area contributed by atoms with Gasteiger partial charge < -0.3 is 15.2 Å². The molecule has 0 saturated carbocycles. The summed E-state index contributed by atoms with van der Waals surface area (Å²) in [5, 5.41) is 4.86. The number of fused-ring (bicyclic) bond motifs is 1. The number of halogens is 1. The zero-order valence-electron chi connectivity index (χ0n) is 15.6. The van der Waals surface area contributed by atoms with Crippen LogP contribution >= 0.6 is 11.6 Å². The summed E-state index contributed by atoms with van der Waals surface area (Å²) < 4.78 is 0. The van der Waals surface area contributed by atoms with Gasteiger partial charge in [-0.2, -0.15) is 0 Å². The van der Waals surface area contributed by atoms with Crippen LogP contribution in [0.5, 0.6) is 0 Å². The van der Waals surface area contributed by atoms with Gasteiger partial charge in [-0.25, -0.2) is 0 Å². The van der Waals surface area contributed by atoms with E-state index in [9.17, 15) is 4.79 Å². The Kier molecular flexibility index (Phi) is 5.35. The first kappa shape index (κ1) is 18.5. The first-order valence-electron chi connectivity index (χ1n) is 8.67. The molecule has 1 aromatic heterocycles. The molecule has 0 aliphatic heterocycles. The average molecular weight is 370 g/mol. The zero-order chi connectivity index (χ0) is 18.8. The summed E-state index contributed by atoms with van der Waals surface area (Å²) in [6.07, 6.45) is 0. The number of nitrogens with one attached hydrogen (secondary N) is 2. The molecule has 136 valence electrons. The number of aromatic amines is 1. The maximum Gasteiger partial charge on any atom is 0.253 e. The predicted molar refractivity (Wildman–Crippen MR) is 108 cm³/mol. The van der Waals surface area contributed by atoms with Gasteiger partial charge >= 0.3 is 0 Å². The molecule has 0 fully saturated rings. The highest BCUT2D eigenvalue weighted by Crippen LogP contribution is 2.26. The first-order chi connectivity index (χ1) is 12.4. The molecule has 0 aliphatic carbocycles. The molecule has 1 amide bonds. The molecule has 4 nitrogen and oxygen atoms in total. The van der Waals surface area contributed by atoms with Gasteiger partial charge in [-0.3, -0.25) is 4.79 Å². The lowest BCUT2D eigenvalue weighted by molar-refractivity contribution is 0.0943. The molecule has 0 radical (unpaired) electrons. The maximum atomic E-state index is 12.8. The number of carbonyl (C=O) groups is 1. The Morgan fingerprint density at radius 2 is 1.88 bits per heavy atom. The van der Waals surface area contributed by atoms with Crippen molar-refractivity contribution < 1.29 is 4.79 Å². The van der Waals surface area contributed by atoms with Gasteiger partial charge in [0.15, 0.2) is 0 Å². The molecule has 0 bridgehead atoms. The van der Waals surface area contributed by atoms with Crippen molar-refractivity contribution in [3.63, 3.8) is 0 Å². The topological polar surface area (TPSA) is 48.1 Å². The largest absolute Gasteiger partial charge is 0.358 e. The van der Waals surface area contributed by atoms with Crippen molar-refractivity contribution in [1.29, 1.82) is 0 Å². The van der Waals surface area contributed by atoms with Crippen LogP contribution < -0.4 is 5.32 Å². The van der Waals surface area contributed by atoms with Gasteiger partial charge in [0, 0.05) is 22.6 Å². The van der Waals surface area contributed by atoms with E-state index >= 15 is 0 Å². The van der Waals surface area contributed by atoms with Gasteiger partial charge in [-0.05, 0) is 51.2 Å². The second kappa shape index (κ2) is 7.52. The zero-order valence-corrected chi connectivity index (χ0v) is 16.3. The fraction of sp³-hybridized carbons (Fsp3) is 0.286. The fourth-order valence-electron chi connectivity index (χ4n) is 3.27. The molecule has 1 heterocycles. The summed E-state index contributed by atoms with van der Waals surface area (Å²) in [6.45, 7) is 4.57. The summed E-state index contributed by atoms with van der Waals surface area (Å²) in [4.78, 5) is 18.2. The lowest BCUT2D eigenvalue weighted by Crippen LogP contribution is -2.34. The third-order valence-corrected chi connectivity index (χ3v) is 5.28. The van der Waals surface area contributed by atoms with Crippen molar-refractivity contribution in [2.24, 2.45) is 0 Å². The van der Waals surface area contributed by atoms with Gasteiger partial charge in [0.2, 0.25) is 0 Å². The highest BCUT2D eigenvalue weighted by atomic mass is 35.5. The normalized spacial score (nSPS) is 12.5. The molecule has 26 heavy (non-hydrogen) atoms. The van der Waals surface area contributed by atoms with Crippen LogP contribution in [0.2, 0.25) is 5.02 Å². The van der Waals surface area contributed by atoms with E-state index in [4.69, 9.17) is 11.6 Å². The minimum Gasteiger partial charge on any atom is -0.358 e. The summed E-state index contributed by atoms with van der Waals surface area (Å²) in [5.41, 5.74) is 4.82. The van der Waals surface area contributed by atoms with E-state index in [2.05, 4.69) is 22.1 Å². The van der Waals surface area contributed by atoms with Crippen molar-refractivity contribution in [2.45, 2.75) is 19.9 Å². The third kappa shape index (κ3) is 3.48. The second-order valence-corrected chi connectivity index (χ2v) is 7.22. The highest BCUT2D eigenvalue weighted by molar-refractivity contribution is 6.31. The van der Waals surface area contributed by atoms with Crippen molar-refractivity contribution >= 4 is 28.4 Å². The number of hydrogen-bond donors (Lipinski definition) is 2. The Morgan fingerprint density at radius 3 is 2.58 bits per heavy atom. The van der Waals surface area contributed by atoms with E-state index in [1.54, 1.807) is 0 Å². The molecule has 0 saturated heterocycles. The molecular weight excluding hydrogens is 346 g/mol. The van der Waals surface area contributed by atoms with Crippen LogP contribution in [0.3, 0.4) is 0 Å². The monoisotopic (exact) mass is 369 g/mol. The summed E-state index contributed by atoms with van der Waals surface area (Å²) in [5.74, 6) is -0.0873. The van der Waals surface area contributed by atoms with E-state index < -0.39 is 0 Å². The minimum absolute atomic E-state index is 0.000956. The van der Waals surface area contributed by atoms with Crippen LogP contribution in [0.25, 0.3) is 10.9 Å². The van der Waals surface area contributed by atoms with E-state index in [0.29, 0.717) is 17.1 Å². The molecule has 0 aliphatic rings. The molecule has 0 unspecified atom stereocenters. The number of hydrogen-bond acceptors (Lipinski definition) is 2. The van der Waals surface area contributed by atoms with Crippen molar-refractivity contribution in [3.8, 4) is 0 Å². The van der Waals surface area contributed by atoms with Crippen LogP contribution in [-0.4, -0.2) is 36.4 Å². The SMILES string of the molecule is Cc1[nH]c2c(C(=O)NC[C@@H](c3ccccc3Cl)N(C)C)cccc2c1C. The average Bonchev–Trinajstić information content (AvgIpc) is 2.90. The quantitative estimate of drug-likeness (QED) is 0.697. The standard InChI is InChI=1S/C21H24ClN3O/c1-13-14(2)24-20-15(13)9-7-10-17(20)21(26)23-12-19(25(3)4)16-8-5-6-11-18(16)22/h5-11,19,24H,12H2,1-4H3,(H,23,26)/t19-/m0/s1. The maximum absolute atomic E-state index is 12.8. The van der Waals surface area contributed by atoms with Gasteiger partial charge in [-0.1, -0.05) is 41.9 Å². The van der Waals surface area contributed by atoms with E-state index in [1.807, 2.05) is 63.5 Å². The number of aromatic nitrogens is 1. The van der Waals surface area contributed by atoms with Gasteiger partial charge in [0.05, 0.1) is 17.1 Å². The smallest absolute Gasteiger partial charge is 0.253 e. The number of nitrogens with zero attached hydrogens (tertiary/aromatic N) is 1. The van der Waals surface area contributed by atoms with Crippen LogP contribution in [-0.2, 0) is 0 Å². The summed E-state index contributed by atoms with van der Waals surface area (Å²) in [6, 6.07) is 13.6. The van der Waals surface area contributed by atoms with Crippen LogP contribution in [0.4, 0.5) is 0 Å². The molecule has 2 N–H and O–H groups in total. The van der Waals surface area contributed by atoms with Crippen LogP contribution in [0, 0.1) is 13.8 Å². The third-order valence-electron chi connectivity index (χ3n) is 4.93. The summed E-state index contributed by atoms with van der Waals surface area (Å²) in [7, 11) is 3.97. The fourth-order valence-corrected chi connectivity index (χ4v) is 3.53. The number of likely N-dealkylation sites (N-methyl/N-ethyl adjacent to an activating group) is 1. The molecule has 3 aromatic rings. The van der Waals surface area contributed by atoms with Crippen molar-refractivity contribution in [2.75, 3.05) is 20.6 Å². The molecule has 0 spiro atoms. The first-order valence-corrected chi connectivity index (χ1v) is 9.05. The number of benzene rings is 2. The van der Waals surface area contributed by atoms with Crippen molar-refractivity contribution in [3.05, 3.63) is 69.9 Å². The summed E-state index contributed by atoms with van der Waals surface area (Å²) >= 11 is 6.35. The number of amides is 1. The Bertz CT molecular complexity index is 946. The highest BCUT2D eigenvalue weighted by Gasteiger charge is 2.19. The Balaban J connectivity index is 1.84. The minimum atomic E-state index is -0.0873. The Hall–Kier alpha value is -2.30. The molecular formula is C21H24ClN3O. The van der Waals surface area contributed by atoms with Gasteiger partial charge in [0.25, 0.3) is 5.91 Å². The second-order valence-electron chi connectivity index (χ2n) is 6.81. The molecule has 5 heteroatoms. The van der Waals surface area contributed by atoms with Crippen LogP contribution in [0.15, 0.2) is 42.5 Å². The van der Waals surface area contributed by atoms with Gasteiger partial charge in [0.1, 0.15) is 0 Å². The lowest BCUT2D eigenvalue weighted by Gasteiger charge is -2.26. The molecule has 2 aromatic carbocycles. The van der Waals surface area contributed by atoms with E-state index in [1.165, 1.54) is 5.56 Å². The lowest BCUT2D eigenvalue weighted by atomic mass is 10.0. The van der Waals surface area contributed by atoms with Gasteiger partial charge in [-0.15, -0.1) is 0 Å². The Morgan fingerprint density at radius 1 is 1.15 bits per heavy atom. The van der Waals surface area contributed by atoms with E-state index in [0.717, 1.165) is 22.2 Å². The predicted octanol–water partition coefficient (Wildman–Crippen LogP) is 4.47. The molecule has 1 atom stereocenters. The van der Waals surface area contributed by atoms with Crippen molar-refractivity contribution in [1.82, 2.24) is 15.2 Å². The number of rotatable bonds is 5. The molecule has 3 rings (SSSR count). The van der Waals surface area contributed by atoms with E-state index in [-0.39, 0.29) is 11.9 Å². The number of para-hydroxylation sites is 1.